The van der Waals surface area contributed by atoms with Crippen LogP contribution >= 0.6 is 0 Å². The van der Waals surface area contributed by atoms with Crippen LogP contribution in [-0.4, -0.2) is 41.5 Å². The molecule has 2 aromatic rings. The Morgan fingerprint density at radius 1 is 1.13 bits per heavy atom. The largest absolute Gasteiger partial charge is 0.416 e. The van der Waals surface area contributed by atoms with Crippen LogP contribution in [0.1, 0.15) is 35.6 Å². The zero-order chi connectivity index (χ0) is 21.8. The lowest BCUT2D eigenvalue weighted by molar-refractivity contribution is -0.137. The second-order valence-electron chi connectivity index (χ2n) is 8.03. The van der Waals surface area contributed by atoms with Gasteiger partial charge in [0.2, 0.25) is 5.91 Å². The summed E-state index contributed by atoms with van der Waals surface area (Å²) in [6.07, 6.45) is 2.19. The fourth-order valence-corrected chi connectivity index (χ4v) is 4.45. The quantitative estimate of drug-likeness (QED) is 0.728. The van der Waals surface area contributed by atoms with E-state index in [1.807, 2.05) is 23.1 Å². The molecule has 2 unspecified atom stereocenters. The second-order valence-corrected chi connectivity index (χ2v) is 8.03. The molecule has 2 aliphatic heterocycles. The first kappa shape index (κ1) is 21.5. The van der Waals surface area contributed by atoms with Gasteiger partial charge in [-0.2, -0.15) is 13.2 Å². The number of aromatic nitrogens is 1. The first-order valence-electron chi connectivity index (χ1n) is 10.5. The molecule has 0 saturated carbocycles. The molecule has 0 radical (unpaired) electrons. The highest BCUT2D eigenvalue weighted by Gasteiger charge is 2.38. The van der Waals surface area contributed by atoms with Crippen molar-refractivity contribution in [2.75, 3.05) is 19.6 Å². The Morgan fingerprint density at radius 3 is 2.65 bits per heavy atom. The Hall–Kier alpha value is -2.71. The van der Waals surface area contributed by atoms with Crippen molar-refractivity contribution in [3.63, 3.8) is 0 Å². The number of hydrogen-bond donors (Lipinski definition) is 2. The minimum atomic E-state index is -4.35. The minimum absolute atomic E-state index is 0.0322. The van der Waals surface area contributed by atoms with Crippen LogP contribution in [0.25, 0.3) is 6.08 Å². The Kier molecular flexibility index (Phi) is 6.38. The van der Waals surface area contributed by atoms with Crippen LogP contribution in [0.15, 0.2) is 54.7 Å². The normalized spacial score (nSPS) is 22.9. The molecule has 1 aromatic carbocycles. The molecule has 2 saturated heterocycles. The lowest BCUT2D eigenvalue weighted by Gasteiger charge is -2.36. The Morgan fingerprint density at radius 2 is 1.94 bits per heavy atom. The predicted octanol–water partition coefficient (Wildman–Crippen LogP) is 3.61. The van der Waals surface area contributed by atoms with E-state index < -0.39 is 11.7 Å². The number of nitrogens with zero attached hydrogens (tertiary/aromatic N) is 2. The number of halogens is 3. The summed E-state index contributed by atoms with van der Waals surface area (Å²) in [5.41, 5.74) is 7.19. The third-order valence-electron chi connectivity index (χ3n) is 6.11. The van der Waals surface area contributed by atoms with E-state index in [2.05, 4.69) is 15.8 Å². The van der Waals surface area contributed by atoms with Crippen molar-refractivity contribution in [3.05, 3.63) is 71.6 Å². The van der Waals surface area contributed by atoms with Gasteiger partial charge in [0.25, 0.3) is 0 Å². The Balaban J connectivity index is 1.37. The maximum atomic E-state index is 13.1. The first-order valence-corrected chi connectivity index (χ1v) is 10.5. The lowest BCUT2D eigenvalue weighted by Crippen LogP contribution is -2.45. The third kappa shape index (κ3) is 5.14. The summed E-state index contributed by atoms with van der Waals surface area (Å²) in [6.45, 7) is 1.84. The summed E-state index contributed by atoms with van der Waals surface area (Å²) in [5, 5.41) is 0. The van der Waals surface area contributed by atoms with Crippen molar-refractivity contribution >= 4 is 12.0 Å². The number of hydrazine groups is 1. The molecule has 0 aliphatic carbocycles. The molecular formula is C23H25F3N4O. The van der Waals surface area contributed by atoms with Crippen LogP contribution in [-0.2, 0) is 11.0 Å². The Bertz CT molecular complexity index is 924. The minimum Gasteiger partial charge on any atom is -0.339 e. The number of nitrogens with one attached hydrogen (secondary N) is 2. The molecule has 1 amide bonds. The zero-order valence-corrected chi connectivity index (χ0v) is 17.0. The maximum Gasteiger partial charge on any atom is 0.416 e. The summed E-state index contributed by atoms with van der Waals surface area (Å²) in [7, 11) is 0. The Labute approximate surface area is 179 Å². The number of rotatable bonds is 4. The highest BCUT2D eigenvalue weighted by Crippen LogP contribution is 2.35. The molecule has 164 valence electrons. The van der Waals surface area contributed by atoms with Gasteiger partial charge < -0.3 is 4.90 Å². The van der Waals surface area contributed by atoms with Crippen molar-refractivity contribution in [2.45, 2.75) is 31.0 Å². The third-order valence-corrected chi connectivity index (χ3v) is 6.11. The van der Waals surface area contributed by atoms with Gasteiger partial charge in [-0.05, 0) is 48.6 Å². The fourth-order valence-electron chi connectivity index (χ4n) is 4.45. The van der Waals surface area contributed by atoms with Gasteiger partial charge in [0.1, 0.15) is 0 Å². The number of piperidine rings is 1. The van der Waals surface area contributed by atoms with Crippen molar-refractivity contribution in [1.29, 1.82) is 0 Å². The zero-order valence-electron chi connectivity index (χ0n) is 17.0. The van der Waals surface area contributed by atoms with Crippen LogP contribution in [0, 0.1) is 5.92 Å². The van der Waals surface area contributed by atoms with Crippen molar-refractivity contribution in [3.8, 4) is 0 Å². The SMILES string of the molecule is O=C(/C=C/c1ccccn1)N1CCC(C2NNCC2c2cccc(C(F)(F)F)c2)CC1. The molecule has 2 N–H and O–H groups in total. The van der Waals surface area contributed by atoms with E-state index >= 15 is 0 Å². The van der Waals surface area contributed by atoms with E-state index in [9.17, 15) is 18.0 Å². The standard InChI is InChI=1S/C23H25F3N4O/c24-23(25,26)18-5-3-4-17(14-18)20-15-28-29-22(20)16-9-12-30(13-10-16)21(31)8-7-19-6-1-2-11-27-19/h1-8,11,14,16,20,22,28-29H,9-10,12-13,15H2/b8-7+. The lowest BCUT2D eigenvalue weighted by atomic mass is 9.80. The van der Waals surface area contributed by atoms with Crippen LogP contribution < -0.4 is 10.9 Å². The van der Waals surface area contributed by atoms with E-state index in [4.69, 9.17) is 0 Å². The molecule has 8 heteroatoms. The smallest absolute Gasteiger partial charge is 0.339 e. The summed E-state index contributed by atoms with van der Waals surface area (Å²) >= 11 is 0. The number of pyridine rings is 1. The number of likely N-dealkylation sites (tertiary alicyclic amines) is 1. The average molecular weight is 430 g/mol. The summed E-state index contributed by atoms with van der Waals surface area (Å²) in [5.74, 6) is 0.188. The maximum absolute atomic E-state index is 13.1. The number of carbonyl (C=O) groups excluding carboxylic acids is 1. The number of benzene rings is 1. The molecular weight excluding hydrogens is 405 g/mol. The van der Waals surface area contributed by atoms with E-state index in [0.717, 1.165) is 24.6 Å². The van der Waals surface area contributed by atoms with E-state index in [-0.39, 0.29) is 23.8 Å². The highest BCUT2D eigenvalue weighted by atomic mass is 19.4. The van der Waals surface area contributed by atoms with E-state index in [1.165, 1.54) is 12.1 Å². The van der Waals surface area contributed by atoms with Crippen LogP contribution in [0.5, 0.6) is 0 Å². The first-order chi connectivity index (χ1) is 14.9. The van der Waals surface area contributed by atoms with Crippen molar-refractivity contribution < 1.29 is 18.0 Å². The molecule has 4 rings (SSSR count). The molecule has 2 fully saturated rings. The number of alkyl halides is 3. The summed E-state index contributed by atoms with van der Waals surface area (Å²) in [4.78, 5) is 18.5. The molecule has 1 aromatic heterocycles. The number of hydrogen-bond acceptors (Lipinski definition) is 4. The molecule has 2 aliphatic rings. The van der Waals surface area contributed by atoms with Gasteiger partial charge >= 0.3 is 6.18 Å². The van der Waals surface area contributed by atoms with Gasteiger partial charge in [0.05, 0.1) is 11.3 Å². The predicted molar refractivity (Wildman–Crippen MR) is 112 cm³/mol. The molecule has 31 heavy (non-hydrogen) atoms. The highest BCUT2D eigenvalue weighted by molar-refractivity contribution is 5.91. The van der Waals surface area contributed by atoms with Crippen molar-refractivity contribution in [1.82, 2.24) is 20.7 Å². The van der Waals surface area contributed by atoms with Crippen LogP contribution in [0.4, 0.5) is 13.2 Å². The number of amides is 1. The summed E-state index contributed by atoms with van der Waals surface area (Å²) < 4.78 is 39.4. The summed E-state index contributed by atoms with van der Waals surface area (Å²) in [6, 6.07) is 11.2. The molecule has 2 atom stereocenters. The average Bonchev–Trinajstić information content (AvgIpc) is 3.28. The second kappa shape index (κ2) is 9.20. The van der Waals surface area contributed by atoms with Crippen LogP contribution in [0.3, 0.4) is 0 Å². The van der Waals surface area contributed by atoms with Gasteiger partial charge in [-0.1, -0.05) is 24.3 Å². The van der Waals surface area contributed by atoms with Gasteiger partial charge in [-0.15, -0.1) is 0 Å². The van der Waals surface area contributed by atoms with E-state index in [0.29, 0.717) is 25.2 Å². The van der Waals surface area contributed by atoms with E-state index in [1.54, 1.807) is 24.4 Å². The molecule has 5 nitrogen and oxygen atoms in total. The van der Waals surface area contributed by atoms with Crippen LogP contribution in [0.2, 0.25) is 0 Å². The molecule has 0 spiro atoms. The fraction of sp³-hybridized carbons (Fsp3) is 0.391. The van der Waals surface area contributed by atoms with Gasteiger partial charge in [-0.3, -0.25) is 20.6 Å². The van der Waals surface area contributed by atoms with Crippen molar-refractivity contribution in [2.24, 2.45) is 5.92 Å². The number of carbonyl (C=O) groups is 1. The van der Waals surface area contributed by atoms with Gasteiger partial charge in [0.15, 0.2) is 0 Å². The molecule has 0 bridgehead atoms. The van der Waals surface area contributed by atoms with Gasteiger partial charge in [0, 0.05) is 43.9 Å². The van der Waals surface area contributed by atoms with Gasteiger partial charge in [-0.25, -0.2) is 0 Å². The topological polar surface area (TPSA) is 57.3 Å². The monoisotopic (exact) mass is 430 g/mol. The molecule has 3 heterocycles.